The molecule has 0 saturated heterocycles. The van der Waals surface area contributed by atoms with Gasteiger partial charge in [-0.3, -0.25) is 0 Å². The molecule has 0 bridgehead atoms. The van der Waals surface area contributed by atoms with Crippen LogP contribution in [-0.2, 0) is 0 Å². The van der Waals surface area contributed by atoms with Crippen molar-refractivity contribution in [1.29, 1.82) is 0 Å². The zero-order valence-corrected chi connectivity index (χ0v) is 13.8. The maximum Gasteiger partial charge on any atom is 1.00 e. The van der Waals surface area contributed by atoms with Gasteiger partial charge >= 0.3 is 59.1 Å². The van der Waals surface area contributed by atoms with Crippen LogP contribution >= 0.6 is 0 Å². The summed E-state index contributed by atoms with van der Waals surface area (Å²) < 4.78 is 0. The molecule has 1 aromatic rings. The van der Waals surface area contributed by atoms with Gasteiger partial charge in [0.1, 0.15) is 0 Å². The molecule has 1 aromatic carbocycles. The van der Waals surface area contributed by atoms with Gasteiger partial charge in [-0.1, -0.05) is 0 Å². The Hall–Kier alpha value is 0.160. The third kappa shape index (κ3) is 4.20. The van der Waals surface area contributed by atoms with Crippen molar-refractivity contribution in [3.63, 3.8) is 0 Å². The topological polar surface area (TPSA) is 80.3 Å². The van der Waals surface area contributed by atoms with E-state index in [-0.39, 0.29) is 70.2 Å². The van der Waals surface area contributed by atoms with Crippen LogP contribution in [0.15, 0.2) is 12.1 Å². The molecule has 0 unspecified atom stereocenters. The van der Waals surface area contributed by atoms with Crippen LogP contribution in [0.2, 0.25) is 0 Å². The average Bonchev–Trinajstić information content (AvgIpc) is 2.07. The number of aryl methyl sites for hydroxylation is 2. The number of rotatable bonds is 2. The van der Waals surface area contributed by atoms with Gasteiger partial charge in [0.25, 0.3) is 0 Å². The van der Waals surface area contributed by atoms with Crippen LogP contribution in [0.1, 0.15) is 31.8 Å². The molecule has 0 aliphatic carbocycles. The molecule has 6 heteroatoms. The van der Waals surface area contributed by atoms with E-state index in [1.165, 1.54) is 26.0 Å². The SMILES string of the molecule is Cc1cc(C(=O)[O-])c(C)cc1C(=O)[O-].[Na+].[Na+]. The maximum absolute atomic E-state index is 10.6. The first kappa shape index (κ1) is 18.5. The molecule has 0 heterocycles. The molecule has 0 saturated carbocycles. The van der Waals surface area contributed by atoms with Gasteiger partial charge in [-0.15, -0.1) is 0 Å². The van der Waals surface area contributed by atoms with E-state index in [1.807, 2.05) is 0 Å². The average molecular weight is 238 g/mol. The summed E-state index contributed by atoms with van der Waals surface area (Å²) in [7, 11) is 0. The Balaban J connectivity index is 0. The van der Waals surface area contributed by atoms with Gasteiger partial charge in [-0.25, -0.2) is 0 Å². The Kier molecular flexibility index (Phi) is 8.66. The fourth-order valence-electron chi connectivity index (χ4n) is 1.26. The van der Waals surface area contributed by atoms with Gasteiger partial charge in [0.2, 0.25) is 0 Å². The number of carboxylic acids is 2. The summed E-state index contributed by atoms with van der Waals surface area (Å²) in [4.78, 5) is 21.2. The molecule has 1 rings (SSSR count). The summed E-state index contributed by atoms with van der Waals surface area (Å²) >= 11 is 0. The van der Waals surface area contributed by atoms with Crippen molar-refractivity contribution < 1.29 is 78.9 Å². The van der Waals surface area contributed by atoms with Crippen LogP contribution in [0.3, 0.4) is 0 Å². The van der Waals surface area contributed by atoms with Gasteiger partial charge in [-0.2, -0.15) is 0 Å². The molecule has 0 atom stereocenters. The van der Waals surface area contributed by atoms with Gasteiger partial charge in [0.15, 0.2) is 0 Å². The van der Waals surface area contributed by atoms with Crippen molar-refractivity contribution in [2.24, 2.45) is 0 Å². The summed E-state index contributed by atoms with van der Waals surface area (Å²) in [6.07, 6.45) is 0. The molecule has 0 aromatic heterocycles. The molecule has 0 N–H and O–H groups in total. The molecule has 0 amide bonds. The Labute approximate surface area is 138 Å². The molecule has 0 aliphatic rings. The second-order valence-electron chi connectivity index (χ2n) is 3.06. The van der Waals surface area contributed by atoms with Crippen molar-refractivity contribution in [1.82, 2.24) is 0 Å². The monoisotopic (exact) mass is 238 g/mol. The minimum atomic E-state index is -1.31. The standard InChI is InChI=1S/C10H10O4.2Na/c1-5-3-8(10(13)14)6(2)4-7(5)9(11)12;;/h3-4H,1-2H3,(H,11,12)(H,13,14);;/q;2*+1/p-2. The third-order valence-corrected chi connectivity index (χ3v) is 2.01. The van der Waals surface area contributed by atoms with Gasteiger partial charge in [-0.05, 0) is 37.1 Å². The van der Waals surface area contributed by atoms with E-state index in [4.69, 9.17) is 0 Å². The van der Waals surface area contributed by atoms with E-state index >= 15 is 0 Å². The van der Waals surface area contributed by atoms with Crippen LogP contribution in [0.5, 0.6) is 0 Å². The number of benzene rings is 1. The Morgan fingerprint density at radius 3 is 1.31 bits per heavy atom. The third-order valence-electron chi connectivity index (χ3n) is 2.01. The molecule has 0 aliphatic heterocycles. The van der Waals surface area contributed by atoms with E-state index in [0.29, 0.717) is 11.1 Å². The van der Waals surface area contributed by atoms with Crippen LogP contribution in [0.25, 0.3) is 0 Å². The molecule has 0 radical (unpaired) electrons. The zero-order chi connectivity index (χ0) is 10.9. The number of hydrogen-bond acceptors (Lipinski definition) is 4. The van der Waals surface area contributed by atoms with Crippen LogP contribution in [0, 0.1) is 13.8 Å². The molecule has 16 heavy (non-hydrogen) atoms. The molecule has 0 spiro atoms. The molecular weight excluding hydrogens is 230 g/mol. The van der Waals surface area contributed by atoms with Crippen molar-refractivity contribution in [3.8, 4) is 0 Å². The van der Waals surface area contributed by atoms with Gasteiger partial charge in [0, 0.05) is 11.1 Å². The summed E-state index contributed by atoms with van der Waals surface area (Å²) in [6, 6.07) is 2.55. The second-order valence-corrected chi connectivity index (χ2v) is 3.06. The minimum absolute atomic E-state index is 0. The van der Waals surface area contributed by atoms with E-state index < -0.39 is 11.9 Å². The zero-order valence-electron chi connectivity index (χ0n) is 9.79. The smallest absolute Gasteiger partial charge is 0.545 e. The van der Waals surface area contributed by atoms with E-state index in [0.717, 1.165) is 0 Å². The predicted octanol–water partition coefficient (Wildman–Crippen LogP) is -6.96. The Bertz CT molecular complexity index is 376. The van der Waals surface area contributed by atoms with Crippen molar-refractivity contribution in [2.75, 3.05) is 0 Å². The Morgan fingerprint density at radius 1 is 0.875 bits per heavy atom. The number of hydrogen-bond donors (Lipinski definition) is 0. The largest absolute Gasteiger partial charge is 1.00 e. The van der Waals surface area contributed by atoms with Gasteiger partial charge in [0.05, 0.1) is 11.9 Å². The first-order valence-corrected chi connectivity index (χ1v) is 3.97. The van der Waals surface area contributed by atoms with Crippen molar-refractivity contribution in [3.05, 3.63) is 34.4 Å². The van der Waals surface area contributed by atoms with Crippen LogP contribution in [-0.4, -0.2) is 11.9 Å². The van der Waals surface area contributed by atoms with E-state index in [9.17, 15) is 19.8 Å². The minimum Gasteiger partial charge on any atom is -0.545 e. The second kappa shape index (κ2) is 7.48. The molecule has 74 valence electrons. The summed E-state index contributed by atoms with van der Waals surface area (Å²) in [6.45, 7) is 3.02. The van der Waals surface area contributed by atoms with E-state index in [2.05, 4.69) is 0 Å². The fraction of sp³-hybridized carbons (Fsp3) is 0.200. The first-order chi connectivity index (χ1) is 6.43. The number of carbonyl (C=O) groups excluding carboxylic acids is 2. The summed E-state index contributed by atoms with van der Waals surface area (Å²) in [5.74, 6) is -2.62. The van der Waals surface area contributed by atoms with Crippen molar-refractivity contribution in [2.45, 2.75) is 13.8 Å². The van der Waals surface area contributed by atoms with Crippen molar-refractivity contribution >= 4 is 11.9 Å². The quantitative estimate of drug-likeness (QED) is 0.479. The molecule has 0 fully saturated rings. The van der Waals surface area contributed by atoms with Crippen LogP contribution in [0.4, 0.5) is 0 Å². The predicted molar refractivity (Wildman–Crippen MR) is 44.6 cm³/mol. The van der Waals surface area contributed by atoms with E-state index in [1.54, 1.807) is 0 Å². The number of aromatic carboxylic acids is 2. The molecular formula is C10H8Na2O4. The summed E-state index contributed by atoms with van der Waals surface area (Å²) in [5, 5.41) is 21.2. The maximum atomic E-state index is 10.6. The normalized spacial score (nSPS) is 8.62. The van der Waals surface area contributed by atoms with Gasteiger partial charge < -0.3 is 19.8 Å². The summed E-state index contributed by atoms with van der Waals surface area (Å²) in [5.41, 5.74) is 0.726. The Morgan fingerprint density at radius 2 is 1.12 bits per heavy atom. The number of carboxylic acid groups (broad SMARTS) is 2. The fourth-order valence-corrected chi connectivity index (χ4v) is 1.26. The number of carbonyl (C=O) groups is 2. The van der Waals surface area contributed by atoms with Crippen LogP contribution < -0.4 is 69.3 Å². The molecule has 4 nitrogen and oxygen atoms in total. The first-order valence-electron chi connectivity index (χ1n) is 3.97.